The Morgan fingerprint density at radius 2 is 1.89 bits per heavy atom. The number of esters is 1. The van der Waals surface area contributed by atoms with Crippen molar-refractivity contribution in [1.82, 2.24) is 0 Å². The van der Waals surface area contributed by atoms with Crippen molar-refractivity contribution in [1.29, 1.82) is 0 Å². The topological polar surface area (TPSA) is 63.6 Å². The molecule has 7 aliphatic rings. The zero-order valence-electron chi connectivity index (χ0n) is 16.9. The third kappa shape index (κ3) is 1.51. The quantitative estimate of drug-likeness (QED) is 0.515. The number of ether oxygens (including phenoxy) is 1. The van der Waals surface area contributed by atoms with Crippen LogP contribution >= 0.6 is 0 Å². The minimum absolute atomic E-state index is 0.0179. The standard InChI is InChI=1S/C24H30O4/c1-21-6-3-12(25)11-23(21,27)16-9-13(16)19-15(21)4-7-22(2)20(19)14-10-17(14)24(22)8-5-18(26)28-24/h10,13-16,19-20,27H,3-9,11H2,1-2H3/t13?,14-,15?,16+,19+,20?,21-,22+,23-,24+/m1/s1. The summed E-state index contributed by atoms with van der Waals surface area (Å²) in [4.78, 5) is 24.4. The van der Waals surface area contributed by atoms with E-state index in [2.05, 4.69) is 19.9 Å². The van der Waals surface area contributed by atoms with E-state index >= 15 is 0 Å². The summed E-state index contributed by atoms with van der Waals surface area (Å²) in [6.07, 6.45) is 8.96. The fourth-order valence-electron chi connectivity index (χ4n) is 9.72. The minimum atomic E-state index is -0.780. The summed E-state index contributed by atoms with van der Waals surface area (Å²) in [5.41, 5.74) is 0.234. The number of ketones is 1. The predicted molar refractivity (Wildman–Crippen MR) is 101 cm³/mol. The molecule has 0 aromatic heterocycles. The molecule has 4 heteroatoms. The summed E-state index contributed by atoms with van der Waals surface area (Å²) in [5, 5.41) is 11.8. The second-order valence-electron chi connectivity index (χ2n) is 11.7. The number of rotatable bonds is 0. The van der Waals surface area contributed by atoms with Crippen molar-refractivity contribution in [2.24, 2.45) is 46.3 Å². The van der Waals surface area contributed by atoms with E-state index in [4.69, 9.17) is 4.74 Å². The summed E-state index contributed by atoms with van der Waals surface area (Å²) in [6, 6.07) is 0. The summed E-state index contributed by atoms with van der Waals surface area (Å²) in [5.74, 6) is 3.28. The van der Waals surface area contributed by atoms with Gasteiger partial charge < -0.3 is 9.84 Å². The number of hydrogen-bond donors (Lipinski definition) is 1. The van der Waals surface area contributed by atoms with Crippen molar-refractivity contribution >= 4 is 11.8 Å². The molecule has 3 unspecified atom stereocenters. The Labute approximate surface area is 166 Å². The van der Waals surface area contributed by atoms with E-state index in [1.165, 1.54) is 5.57 Å². The number of Topliss-reactive ketones (excluding diaryl/α,β-unsaturated/α-hetero) is 1. The van der Waals surface area contributed by atoms with Gasteiger partial charge in [-0.2, -0.15) is 0 Å². The molecule has 0 aromatic carbocycles. The van der Waals surface area contributed by atoms with Gasteiger partial charge in [0, 0.05) is 42.4 Å². The van der Waals surface area contributed by atoms with Crippen LogP contribution in [0.25, 0.3) is 0 Å². The molecule has 1 saturated heterocycles. The van der Waals surface area contributed by atoms with Crippen LogP contribution in [0.4, 0.5) is 0 Å². The lowest BCUT2D eigenvalue weighted by molar-refractivity contribution is -0.219. The van der Waals surface area contributed by atoms with E-state index in [-0.39, 0.29) is 28.2 Å². The fourth-order valence-corrected chi connectivity index (χ4v) is 9.72. The monoisotopic (exact) mass is 382 g/mol. The van der Waals surface area contributed by atoms with Gasteiger partial charge in [0.05, 0.1) is 5.60 Å². The lowest BCUT2D eigenvalue weighted by atomic mass is 9.42. The molecule has 28 heavy (non-hydrogen) atoms. The van der Waals surface area contributed by atoms with Gasteiger partial charge in [-0.1, -0.05) is 19.9 Å². The number of fused-ring (bicyclic) bond motifs is 12. The lowest BCUT2D eigenvalue weighted by Crippen LogP contribution is -2.65. The zero-order chi connectivity index (χ0) is 19.3. The molecule has 0 bridgehead atoms. The average molecular weight is 383 g/mol. The van der Waals surface area contributed by atoms with Crippen molar-refractivity contribution in [3.63, 3.8) is 0 Å². The molecule has 5 saturated carbocycles. The third-order valence-electron chi connectivity index (χ3n) is 11.1. The SMILES string of the molecule is C[C@]12CCC3[C@H](C4C[C@@H]4[C@]4(O)CC(=O)CC[C@]34C)C1[C@@H]1C=C1[C@@]21CCC(=O)O1. The number of allylic oxidation sites excluding steroid dienone is 1. The first-order valence-electron chi connectivity index (χ1n) is 11.4. The Kier molecular flexibility index (Phi) is 2.64. The smallest absolute Gasteiger partial charge is 0.306 e. The zero-order valence-corrected chi connectivity index (χ0v) is 16.9. The fraction of sp³-hybridized carbons (Fsp3) is 0.833. The van der Waals surface area contributed by atoms with Crippen molar-refractivity contribution in [3.05, 3.63) is 11.6 Å². The van der Waals surface area contributed by atoms with Crippen LogP contribution in [-0.2, 0) is 14.3 Å². The van der Waals surface area contributed by atoms with Crippen LogP contribution in [0.1, 0.15) is 65.2 Å². The van der Waals surface area contributed by atoms with E-state index in [1.54, 1.807) is 0 Å². The highest BCUT2D eigenvalue weighted by Crippen LogP contribution is 2.81. The molecule has 7 rings (SSSR count). The molecule has 150 valence electrons. The molecule has 0 amide bonds. The van der Waals surface area contributed by atoms with Crippen LogP contribution in [0, 0.1) is 46.3 Å². The highest BCUT2D eigenvalue weighted by atomic mass is 16.6. The van der Waals surface area contributed by atoms with Crippen LogP contribution in [0.2, 0.25) is 0 Å². The maximum absolute atomic E-state index is 12.3. The van der Waals surface area contributed by atoms with Gasteiger partial charge in [0.2, 0.25) is 0 Å². The summed E-state index contributed by atoms with van der Waals surface area (Å²) < 4.78 is 6.13. The Morgan fingerprint density at radius 3 is 2.64 bits per heavy atom. The molecule has 4 nitrogen and oxygen atoms in total. The van der Waals surface area contributed by atoms with Crippen molar-refractivity contribution in [3.8, 4) is 0 Å². The molecule has 6 fully saturated rings. The minimum Gasteiger partial charge on any atom is -0.454 e. The average Bonchev–Trinajstić information content (AvgIpc) is 3.54. The van der Waals surface area contributed by atoms with Crippen LogP contribution in [0.3, 0.4) is 0 Å². The van der Waals surface area contributed by atoms with Gasteiger partial charge in [-0.15, -0.1) is 0 Å². The summed E-state index contributed by atoms with van der Waals surface area (Å²) in [6.45, 7) is 4.71. The largest absolute Gasteiger partial charge is 0.454 e. The first kappa shape index (κ1) is 16.6. The summed E-state index contributed by atoms with van der Waals surface area (Å²) in [7, 11) is 0. The van der Waals surface area contributed by atoms with Gasteiger partial charge in [-0.05, 0) is 60.8 Å². The molecule has 1 aliphatic heterocycles. The molecule has 0 radical (unpaired) electrons. The second kappa shape index (κ2) is 4.45. The number of carbonyl (C=O) groups is 2. The number of carbonyl (C=O) groups excluding carboxylic acids is 2. The number of aliphatic hydroxyl groups is 1. The lowest BCUT2D eigenvalue weighted by Gasteiger charge is -2.63. The van der Waals surface area contributed by atoms with Gasteiger partial charge in [0.15, 0.2) is 0 Å². The van der Waals surface area contributed by atoms with E-state index in [9.17, 15) is 14.7 Å². The Hall–Kier alpha value is -1.16. The van der Waals surface area contributed by atoms with E-state index in [1.807, 2.05) is 0 Å². The number of hydrogen-bond acceptors (Lipinski definition) is 4. The molecular formula is C24H30O4. The van der Waals surface area contributed by atoms with Crippen molar-refractivity contribution in [2.75, 3.05) is 0 Å². The van der Waals surface area contributed by atoms with E-state index in [0.29, 0.717) is 54.8 Å². The maximum Gasteiger partial charge on any atom is 0.306 e. The molecular weight excluding hydrogens is 352 g/mol. The Balaban J connectivity index is 1.33. The van der Waals surface area contributed by atoms with Crippen LogP contribution in [0.5, 0.6) is 0 Å². The van der Waals surface area contributed by atoms with Gasteiger partial charge in [0.1, 0.15) is 11.4 Å². The summed E-state index contributed by atoms with van der Waals surface area (Å²) >= 11 is 0. The highest BCUT2D eigenvalue weighted by Gasteiger charge is 2.80. The van der Waals surface area contributed by atoms with Gasteiger partial charge in [-0.25, -0.2) is 0 Å². The van der Waals surface area contributed by atoms with Crippen LogP contribution < -0.4 is 0 Å². The molecule has 1 spiro atoms. The predicted octanol–water partition coefficient (Wildman–Crippen LogP) is 3.42. The van der Waals surface area contributed by atoms with Gasteiger partial charge in [-0.3, -0.25) is 9.59 Å². The Morgan fingerprint density at radius 1 is 1.07 bits per heavy atom. The van der Waals surface area contributed by atoms with E-state index in [0.717, 1.165) is 32.1 Å². The normalized spacial score (nSPS) is 62.9. The molecule has 1 N–H and O–H groups in total. The first-order valence-corrected chi connectivity index (χ1v) is 11.4. The van der Waals surface area contributed by atoms with Gasteiger partial charge in [0.25, 0.3) is 0 Å². The van der Waals surface area contributed by atoms with Crippen LogP contribution in [-0.4, -0.2) is 28.1 Å². The van der Waals surface area contributed by atoms with Crippen LogP contribution in [0.15, 0.2) is 11.6 Å². The first-order chi connectivity index (χ1) is 13.3. The van der Waals surface area contributed by atoms with Gasteiger partial charge >= 0.3 is 5.97 Å². The van der Waals surface area contributed by atoms with Crippen molar-refractivity contribution in [2.45, 2.75) is 76.4 Å². The highest BCUT2D eigenvalue weighted by molar-refractivity contribution is 5.81. The molecule has 0 aromatic rings. The Bertz CT molecular complexity index is 876. The maximum atomic E-state index is 12.3. The molecule has 6 aliphatic carbocycles. The van der Waals surface area contributed by atoms with E-state index < -0.39 is 5.60 Å². The van der Waals surface area contributed by atoms with Crippen molar-refractivity contribution < 1.29 is 19.4 Å². The third-order valence-corrected chi connectivity index (χ3v) is 11.1. The second-order valence-corrected chi connectivity index (χ2v) is 11.7. The molecule has 1 heterocycles. The molecule has 10 atom stereocenters.